The minimum atomic E-state index is -0.0510. The van der Waals surface area contributed by atoms with Crippen LogP contribution in [-0.2, 0) is 0 Å². The van der Waals surface area contributed by atoms with Gasteiger partial charge in [-0.15, -0.1) is 0 Å². The van der Waals surface area contributed by atoms with Gasteiger partial charge in [0.05, 0.1) is 0 Å². The van der Waals surface area contributed by atoms with Crippen LogP contribution in [0, 0.1) is 0 Å². The van der Waals surface area contributed by atoms with Crippen molar-refractivity contribution in [2.75, 3.05) is 31.7 Å². The van der Waals surface area contributed by atoms with Gasteiger partial charge in [-0.2, -0.15) is 0 Å². The second-order valence-corrected chi connectivity index (χ2v) is 4.56. The Hall–Kier alpha value is -1.30. The van der Waals surface area contributed by atoms with Crippen LogP contribution in [0.5, 0.6) is 0 Å². The first kappa shape index (κ1) is 12.8. The number of nitrogen functional groups attached to an aromatic ring is 1. The second-order valence-electron chi connectivity index (χ2n) is 3.56. The first-order valence-electron chi connectivity index (χ1n) is 5.29. The van der Waals surface area contributed by atoms with Crippen LogP contribution in [0.25, 0.3) is 0 Å². The number of hydrogen-bond donors (Lipinski definition) is 2. The fourth-order valence-corrected chi connectivity index (χ4v) is 2.10. The summed E-state index contributed by atoms with van der Waals surface area (Å²) in [4.78, 5) is 18.2. The zero-order chi connectivity index (χ0) is 12.1. The molecule has 0 unspecified atom stereocenters. The molecule has 3 N–H and O–H groups in total. The van der Waals surface area contributed by atoms with E-state index < -0.39 is 0 Å². The lowest BCUT2D eigenvalue weighted by Crippen LogP contribution is -2.27. The molecule has 0 fully saturated rings. The van der Waals surface area contributed by atoms with Crippen molar-refractivity contribution >= 4 is 28.2 Å². The minimum absolute atomic E-state index is 0.0510. The van der Waals surface area contributed by atoms with Crippen molar-refractivity contribution in [1.29, 1.82) is 0 Å². The molecular formula is C10H18N4OS. The zero-order valence-corrected chi connectivity index (χ0v) is 10.7. The molecule has 90 valence electrons. The number of carbonyl (C=O) groups excluding carboxylic acids is 1. The van der Waals surface area contributed by atoms with Crippen LogP contribution in [0.15, 0.2) is 0 Å². The van der Waals surface area contributed by atoms with E-state index in [1.807, 2.05) is 0 Å². The number of rotatable bonds is 5. The topological polar surface area (TPSA) is 71.2 Å². The quantitative estimate of drug-likeness (QED) is 0.823. The molecule has 16 heavy (non-hydrogen) atoms. The monoisotopic (exact) mass is 242 g/mol. The van der Waals surface area contributed by atoms with E-state index in [0.29, 0.717) is 15.8 Å². The van der Waals surface area contributed by atoms with Crippen LogP contribution in [0.2, 0.25) is 0 Å². The molecule has 6 heteroatoms. The Bertz CT molecular complexity index is 364. The molecule has 0 atom stereocenters. The third-order valence-electron chi connectivity index (χ3n) is 2.26. The van der Waals surface area contributed by atoms with Crippen LogP contribution in [0.3, 0.4) is 0 Å². The molecule has 1 rings (SSSR count). The molecule has 0 aliphatic carbocycles. The van der Waals surface area contributed by atoms with E-state index in [2.05, 4.69) is 17.2 Å². The predicted octanol–water partition coefficient (Wildman–Crippen LogP) is 1.64. The standard InChI is InChI=1S/C10H18N4OS/c1-4-5-6-14(3)9(15)7-8(11)13-10(12-2)16-7/h4-6,11H2,1-3H3,(H,12,13). The van der Waals surface area contributed by atoms with Gasteiger partial charge in [-0.05, 0) is 6.42 Å². The summed E-state index contributed by atoms with van der Waals surface area (Å²) in [7, 11) is 3.55. The van der Waals surface area contributed by atoms with Crippen molar-refractivity contribution in [3.63, 3.8) is 0 Å². The Kier molecular flexibility index (Phi) is 4.54. The highest BCUT2D eigenvalue weighted by molar-refractivity contribution is 7.18. The van der Waals surface area contributed by atoms with Gasteiger partial charge < -0.3 is 16.0 Å². The van der Waals surface area contributed by atoms with E-state index in [-0.39, 0.29) is 5.91 Å². The molecule has 0 aliphatic heterocycles. The lowest BCUT2D eigenvalue weighted by molar-refractivity contribution is 0.0799. The van der Waals surface area contributed by atoms with Crippen molar-refractivity contribution in [2.24, 2.45) is 0 Å². The van der Waals surface area contributed by atoms with Crippen molar-refractivity contribution in [1.82, 2.24) is 9.88 Å². The fourth-order valence-electron chi connectivity index (χ4n) is 1.26. The summed E-state index contributed by atoms with van der Waals surface area (Å²) in [6, 6.07) is 0. The average Bonchev–Trinajstić information content (AvgIpc) is 2.66. The minimum Gasteiger partial charge on any atom is -0.382 e. The zero-order valence-electron chi connectivity index (χ0n) is 9.91. The first-order valence-corrected chi connectivity index (χ1v) is 6.11. The van der Waals surface area contributed by atoms with Crippen LogP contribution in [0.1, 0.15) is 29.4 Å². The summed E-state index contributed by atoms with van der Waals surface area (Å²) in [5.41, 5.74) is 5.70. The van der Waals surface area contributed by atoms with E-state index >= 15 is 0 Å². The summed E-state index contributed by atoms with van der Waals surface area (Å²) in [6.45, 7) is 2.85. The van der Waals surface area contributed by atoms with Gasteiger partial charge in [0.15, 0.2) is 5.13 Å². The van der Waals surface area contributed by atoms with Crippen LogP contribution < -0.4 is 11.1 Å². The second kappa shape index (κ2) is 5.69. The van der Waals surface area contributed by atoms with Crippen LogP contribution in [0.4, 0.5) is 10.9 Å². The van der Waals surface area contributed by atoms with Gasteiger partial charge in [0.2, 0.25) is 0 Å². The lowest BCUT2D eigenvalue weighted by atomic mass is 10.3. The van der Waals surface area contributed by atoms with Crippen molar-refractivity contribution in [3.05, 3.63) is 4.88 Å². The summed E-state index contributed by atoms with van der Waals surface area (Å²) in [5.74, 6) is 0.257. The molecular weight excluding hydrogens is 224 g/mol. The third-order valence-corrected chi connectivity index (χ3v) is 3.33. The van der Waals surface area contributed by atoms with Gasteiger partial charge in [-0.1, -0.05) is 24.7 Å². The first-order chi connectivity index (χ1) is 7.60. The van der Waals surface area contributed by atoms with E-state index in [0.717, 1.165) is 19.4 Å². The predicted molar refractivity (Wildman–Crippen MR) is 67.9 cm³/mol. The summed E-state index contributed by atoms with van der Waals surface area (Å²) >= 11 is 1.29. The van der Waals surface area contributed by atoms with Crippen molar-refractivity contribution < 1.29 is 4.79 Å². The van der Waals surface area contributed by atoms with E-state index in [9.17, 15) is 4.79 Å². The third kappa shape index (κ3) is 2.85. The molecule has 0 aliphatic rings. The van der Waals surface area contributed by atoms with E-state index in [1.165, 1.54) is 11.3 Å². The summed E-state index contributed by atoms with van der Waals surface area (Å²) in [6.07, 6.45) is 2.07. The number of unbranched alkanes of at least 4 members (excludes halogenated alkanes) is 1. The number of aromatic nitrogens is 1. The van der Waals surface area contributed by atoms with Crippen LogP contribution in [-0.4, -0.2) is 36.4 Å². The van der Waals surface area contributed by atoms with Gasteiger partial charge in [0.25, 0.3) is 5.91 Å². The average molecular weight is 242 g/mol. The number of nitrogens with two attached hydrogens (primary N) is 1. The molecule has 0 bridgehead atoms. The molecule has 0 saturated heterocycles. The fraction of sp³-hybridized carbons (Fsp3) is 0.600. The largest absolute Gasteiger partial charge is 0.382 e. The molecule has 0 radical (unpaired) electrons. The Morgan fingerprint density at radius 3 is 2.81 bits per heavy atom. The van der Waals surface area contributed by atoms with Gasteiger partial charge in [0, 0.05) is 20.6 Å². The van der Waals surface area contributed by atoms with E-state index in [1.54, 1.807) is 19.0 Å². The Morgan fingerprint density at radius 2 is 2.31 bits per heavy atom. The number of amides is 1. The Labute approximate surface area is 99.7 Å². The molecule has 0 spiro atoms. The van der Waals surface area contributed by atoms with E-state index in [4.69, 9.17) is 5.73 Å². The maximum atomic E-state index is 12.0. The van der Waals surface area contributed by atoms with Gasteiger partial charge in [0.1, 0.15) is 10.7 Å². The number of hydrogen-bond acceptors (Lipinski definition) is 5. The molecule has 0 saturated carbocycles. The highest BCUT2D eigenvalue weighted by atomic mass is 32.1. The molecule has 1 aromatic rings. The summed E-state index contributed by atoms with van der Waals surface area (Å²) < 4.78 is 0. The number of carbonyl (C=O) groups is 1. The number of thiazole rings is 1. The smallest absolute Gasteiger partial charge is 0.267 e. The van der Waals surface area contributed by atoms with Crippen LogP contribution >= 0.6 is 11.3 Å². The normalized spacial score (nSPS) is 10.2. The van der Waals surface area contributed by atoms with Crippen molar-refractivity contribution in [3.8, 4) is 0 Å². The number of nitrogens with zero attached hydrogens (tertiary/aromatic N) is 2. The maximum Gasteiger partial charge on any atom is 0.267 e. The molecule has 5 nitrogen and oxygen atoms in total. The number of nitrogens with one attached hydrogen (secondary N) is 1. The Balaban J connectivity index is 2.75. The van der Waals surface area contributed by atoms with Gasteiger partial charge in [-0.25, -0.2) is 4.98 Å². The maximum absolute atomic E-state index is 12.0. The van der Waals surface area contributed by atoms with Crippen molar-refractivity contribution in [2.45, 2.75) is 19.8 Å². The lowest BCUT2D eigenvalue weighted by Gasteiger charge is -2.15. The Morgan fingerprint density at radius 1 is 1.62 bits per heavy atom. The number of anilines is 2. The molecule has 1 amide bonds. The molecule has 0 aromatic carbocycles. The SMILES string of the molecule is CCCCN(C)C(=O)c1sc(NC)nc1N. The molecule has 1 heterocycles. The van der Waals surface area contributed by atoms with Gasteiger partial charge in [-0.3, -0.25) is 4.79 Å². The molecule has 1 aromatic heterocycles. The highest BCUT2D eigenvalue weighted by Crippen LogP contribution is 2.25. The highest BCUT2D eigenvalue weighted by Gasteiger charge is 2.18. The summed E-state index contributed by atoms with van der Waals surface area (Å²) in [5, 5.41) is 3.55. The van der Waals surface area contributed by atoms with Gasteiger partial charge >= 0.3 is 0 Å².